The average Bonchev–Trinajstić information content (AvgIpc) is 2.56. The Labute approximate surface area is 130 Å². The van der Waals surface area contributed by atoms with Crippen molar-refractivity contribution in [3.05, 3.63) is 59.7 Å². The van der Waals surface area contributed by atoms with Crippen LogP contribution in [-0.4, -0.2) is 12.0 Å². The summed E-state index contributed by atoms with van der Waals surface area (Å²) in [6, 6.07) is 16.1. The number of anilines is 1. The molecule has 2 aromatic rings. The molecular weight excluding hydrogens is 276 g/mol. The first kappa shape index (κ1) is 14.6. The molecule has 0 aromatic heterocycles. The van der Waals surface area contributed by atoms with Gasteiger partial charge in [-0.05, 0) is 23.6 Å². The van der Waals surface area contributed by atoms with Crippen LogP contribution in [0.4, 0.5) is 5.69 Å². The fourth-order valence-electron chi connectivity index (χ4n) is 2.58. The van der Waals surface area contributed by atoms with Crippen LogP contribution in [0.5, 0.6) is 5.75 Å². The Kier molecular flexibility index (Phi) is 4.39. The first-order chi connectivity index (χ1) is 10.8. The van der Waals surface area contributed by atoms with Crippen molar-refractivity contribution in [1.82, 2.24) is 5.32 Å². The molecule has 1 heterocycles. The van der Waals surface area contributed by atoms with Crippen LogP contribution in [0.1, 0.15) is 24.5 Å². The quantitative estimate of drug-likeness (QED) is 0.891. The number of carbonyl (C=O) groups is 1. The third-order valence-corrected chi connectivity index (χ3v) is 3.78. The minimum atomic E-state index is -0.389. The van der Waals surface area contributed by atoms with Gasteiger partial charge < -0.3 is 15.4 Å². The Hall–Kier alpha value is -2.33. The molecule has 0 saturated carbocycles. The number of para-hydroxylation sites is 1. The maximum atomic E-state index is 12.0. The molecule has 0 spiro atoms. The second kappa shape index (κ2) is 6.62. The van der Waals surface area contributed by atoms with Gasteiger partial charge in [0.2, 0.25) is 0 Å². The van der Waals surface area contributed by atoms with Crippen LogP contribution in [0.2, 0.25) is 0 Å². The minimum absolute atomic E-state index is 0.0643. The van der Waals surface area contributed by atoms with E-state index in [1.54, 1.807) is 0 Å². The van der Waals surface area contributed by atoms with E-state index in [0.717, 1.165) is 23.5 Å². The molecule has 3 rings (SSSR count). The molecule has 1 aliphatic rings. The zero-order chi connectivity index (χ0) is 15.4. The van der Waals surface area contributed by atoms with Gasteiger partial charge in [0.15, 0.2) is 6.10 Å². The first-order valence-corrected chi connectivity index (χ1v) is 7.62. The summed E-state index contributed by atoms with van der Waals surface area (Å²) in [7, 11) is 0. The van der Waals surface area contributed by atoms with Gasteiger partial charge in [-0.25, -0.2) is 0 Å². The molecule has 1 aliphatic heterocycles. The van der Waals surface area contributed by atoms with E-state index in [9.17, 15) is 4.79 Å². The molecule has 0 aliphatic carbocycles. The van der Waals surface area contributed by atoms with Crippen molar-refractivity contribution in [2.75, 3.05) is 5.32 Å². The third kappa shape index (κ3) is 3.12. The van der Waals surface area contributed by atoms with Crippen LogP contribution in [0.3, 0.4) is 0 Å². The molecule has 1 amide bonds. The number of fused-ring (bicyclic) bond motifs is 1. The van der Waals surface area contributed by atoms with Gasteiger partial charge in [0.25, 0.3) is 5.91 Å². The summed E-state index contributed by atoms with van der Waals surface area (Å²) in [5.74, 6) is 0.691. The molecule has 1 unspecified atom stereocenters. The second-order valence-electron chi connectivity index (χ2n) is 5.38. The highest BCUT2D eigenvalue weighted by Gasteiger charge is 2.27. The second-order valence-corrected chi connectivity index (χ2v) is 5.38. The van der Waals surface area contributed by atoms with Crippen LogP contribution in [0, 0.1) is 0 Å². The normalized spacial score (nSPS) is 16.6. The Morgan fingerprint density at radius 3 is 2.68 bits per heavy atom. The van der Waals surface area contributed by atoms with Crippen molar-refractivity contribution in [2.24, 2.45) is 0 Å². The van der Waals surface area contributed by atoms with E-state index >= 15 is 0 Å². The van der Waals surface area contributed by atoms with E-state index < -0.39 is 0 Å². The lowest BCUT2D eigenvalue weighted by molar-refractivity contribution is -0.123. The maximum absolute atomic E-state index is 12.0. The smallest absolute Gasteiger partial charge is 0.265 e. The summed E-state index contributed by atoms with van der Waals surface area (Å²) in [6.45, 7) is 3.41. The lowest BCUT2D eigenvalue weighted by Crippen LogP contribution is -2.37. The zero-order valence-corrected chi connectivity index (χ0v) is 12.6. The molecule has 4 heteroatoms. The summed E-state index contributed by atoms with van der Waals surface area (Å²) in [5, 5.41) is 6.38. The van der Waals surface area contributed by atoms with Gasteiger partial charge >= 0.3 is 0 Å². The number of amides is 1. The molecule has 114 valence electrons. The van der Waals surface area contributed by atoms with E-state index in [-0.39, 0.29) is 12.0 Å². The summed E-state index contributed by atoms with van der Waals surface area (Å²) >= 11 is 0. The number of nitrogens with one attached hydrogen (secondary N) is 2. The highest BCUT2D eigenvalue weighted by Crippen LogP contribution is 2.33. The topological polar surface area (TPSA) is 50.4 Å². The zero-order valence-electron chi connectivity index (χ0n) is 12.6. The maximum Gasteiger partial charge on any atom is 0.265 e. The van der Waals surface area contributed by atoms with Crippen LogP contribution >= 0.6 is 0 Å². The number of rotatable bonds is 5. The van der Waals surface area contributed by atoms with E-state index in [1.807, 2.05) is 43.3 Å². The average molecular weight is 296 g/mol. The van der Waals surface area contributed by atoms with Crippen molar-refractivity contribution >= 4 is 11.6 Å². The summed E-state index contributed by atoms with van der Waals surface area (Å²) in [5.41, 5.74) is 3.06. The standard InChI is InChI=1S/C18H20N2O2/c1-2-15-18(21)20-17-14(9-6-10-16(17)22-15)12-19-11-13-7-4-3-5-8-13/h3-10,15,19H,2,11-12H2,1H3,(H,20,21). The highest BCUT2D eigenvalue weighted by molar-refractivity contribution is 5.98. The predicted octanol–water partition coefficient (Wildman–Crippen LogP) is 3.09. The minimum Gasteiger partial charge on any atom is -0.478 e. The molecule has 22 heavy (non-hydrogen) atoms. The van der Waals surface area contributed by atoms with E-state index in [2.05, 4.69) is 22.8 Å². The third-order valence-electron chi connectivity index (χ3n) is 3.78. The summed E-state index contributed by atoms with van der Waals surface area (Å²) in [4.78, 5) is 12.0. The molecule has 0 bridgehead atoms. The van der Waals surface area contributed by atoms with Crippen LogP contribution in [0.25, 0.3) is 0 Å². The number of hydrogen-bond donors (Lipinski definition) is 2. The summed E-state index contributed by atoms with van der Waals surface area (Å²) < 4.78 is 5.76. The molecule has 2 aromatic carbocycles. The van der Waals surface area contributed by atoms with E-state index in [4.69, 9.17) is 4.74 Å². The molecular formula is C18H20N2O2. The number of ether oxygens (including phenoxy) is 1. The Bertz CT molecular complexity index is 655. The van der Waals surface area contributed by atoms with Gasteiger partial charge in [0, 0.05) is 13.1 Å². The van der Waals surface area contributed by atoms with Gasteiger partial charge in [-0.3, -0.25) is 4.79 Å². The fourth-order valence-corrected chi connectivity index (χ4v) is 2.58. The van der Waals surface area contributed by atoms with Crippen molar-refractivity contribution in [3.63, 3.8) is 0 Å². The van der Waals surface area contributed by atoms with Gasteiger partial charge in [-0.1, -0.05) is 49.4 Å². The van der Waals surface area contributed by atoms with Gasteiger partial charge in [0.05, 0.1) is 5.69 Å². The van der Waals surface area contributed by atoms with Crippen molar-refractivity contribution < 1.29 is 9.53 Å². The van der Waals surface area contributed by atoms with Crippen LogP contribution in [0.15, 0.2) is 48.5 Å². The van der Waals surface area contributed by atoms with Gasteiger partial charge in [-0.2, -0.15) is 0 Å². The predicted molar refractivity (Wildman–Crippen MR) is 86.8 cm³/mol. The molecule has 1 atom stereocenters. The van der Waals surface area contributed by atoms with E-state index in [1.165, 1.54) is 5.56 Å². The first-order valence-electron chi connectivity index (χ1n) is 7.62. The lowest BCUT2D eigenvalue weighted by atomic mass is 10.1. The highest BCUT2D eigenvalue weighted by atomic mass is 16.5. The molecule has 4 nitrogen and oxygen atoms in total. The summed E-state index contributed by atoms with van der Waals surface area (Å²) in [6.07, 6.45) is 0.280. The molecule has 0 radical (unpaired) electrons. The number of carbonyl (C=O) groups excluding carboxylic acids is 1. The fraction of sp³-hybridized carbons (Fsp3) is 0.278. The van der Waals surface area contributed by atoms with E-state index in [0.29, 0.717) is 13.0 Å². The van der Waals surface area contributed by atoms with Crippen LogP contribution < -0.4 is 15.4 Å². The Morgan fingerprint density at radius 2 is 1.91 bits per heavy atom. The molecule has 0 saturated heterocycles. The SMILES string of the molecule is CCC1Oc2cccc(CNCc3ccccc3)c2NC1=O. The van der Waals surface area contributed by atoms with Crippen molar-refractivity contribution in [2.45, 2.75) is 32.5 Å². The monoisotopic (exact) mass is 296 g/mol. The lowest BCUT2D eigenvalue weighted by Gasteiger charge is -2.26. The number of hydrogen-bond acceptors (Lipinski definition) is 3. The number of benzene rings is 2. The molecule has 2 N–H and O–H groups in total. The van der Waals surface area contributed by atoms with Gasteiger partial charge in [0.1, 0.15) is 5.75 Å². The molecule has 0 fully saturated rings. The van der Waals surface area contributed by atoms with Crippen molar-refractivity contribution in [3.8, 4) is 5.75 Å². The Balaban J connectivity index is 1.69. The largest absolute Gasteiger partial charge is 0.478 e. The van der Waals surface area contributed by atoms with Crippen LogP contribution in [-0.2, 0) is 17.9 Å². The van der Waals surface area contributed by atoms with Gasteiger partial charge in [-0.15, -0.1) is 0 Å². The van der Waals surface area contributed by atoms with Crippen molar-refractivity contribution in [1.29, 1.82) is 0 Å². The Morgan fingerprint density at radius 1 is 1.09 bits per heavy atom.